The second-order valence-electron chi connectivity index (χ2n) is 5.81. The fourth-order valence-electron chi connectivity index (χ4n) is 3.15. The van der Waals surface area contributed by atoms with Crippen LogP contribution in [-0.2, 0) is 17.8 Å². The van der Waals surface area contributed by atoms with Crippen LogP contribution in [0.3, 0.4) is 0 Å². The molecule has 3 aromatic rings. The molecule has 25 heavy (non-hydrogen) atoms. The fourth-order valence-corrected chi connectivity index (χ4v) is 3.15. The molecule has 7 heteroatoms. The second kappa shape index (κ2) is 7.13. The number of halogens is 1. The van der Waals surface area contributed by atoms with Crippen molar-refractivity contribution >= 4 is 29.3 Å². The Morgan fingerprint density at radius 3 is 2.96 bits per heavy atom. The van der Waals surface area contributed by atoms with Crippen molar-refractivity contribution in [2.24, 2.45) is 0 Å². The molecule has 2 aromatic heterocycles. The van der Waals surface area contributed by atoms with Gasteiger partial charge in [-0.05, 0) is 42.3 Å². The highest BCUT2D eigenvalue weighted by atomic mass is 35.5. The van der Waals surface area contributed by atoms with Crippen LogP contribution in [0.2, 0.25) is 0 Å². The first-order valence-corrected chi connectivity index (χ1v) is 7.86. The molecule has 0 radical (unpaired) electrons. The lowest BCUT2D eigenvalue weighted by molar-refractivity contribution is -0.139. The molecule has 0 bridgehead atoms. The van der Waals surface area contributed by atoms with Gasteiger partial charge in [0.2, 0.25) is 0 Å². The zero-order valence-corrected chi connectivity index (χ0v) is 14.2. The standard InChI is InChI=1S/C18H17N3O3.ClH/c22-18(23)17-16-13(6-8-20-17)14-9-12(4-5-15(14)21-16)24-10-11-3-1-2-7-19-11;/h1-5,7,9,17,20-21H,6,8,10H2,(H,22,23);1H. The van der Waals surface area contributed by atoms with Crippen molar-refractivity contribution in [3.05, 3.63) is 59.5 Å². The van der Waals surface area contributed by atoms with Gasteiger partial charge in [0.25, 0.3) is 0 Å². The van der Waals surface area contributed by atoms with Crippen LogP contribution in [0.4, 0.5) is 0 Å². The number of fused-ring (bicyclic) bond motifs is 3. The quantitative estimate of drug-likeness (QED) is 0.666. The van der Waals surface area contributed by atoms with Crippen LogP contribution in [-0.4, -0.2) is 27.6 Å². The van der Waals surface area contributed by atoms with Crippen LogP contribution >= 0.6 is 12.4 Å². The third-order valence-corrected chi connectivity index (χ3v) is 4.28. The van der Waals surface area contributed by atoms with Crippen LogP contribution in [0.5, 0.6) is 5.75 Å². The maximum Gasteiger partial charge on any atom is 0.326 e. The van der Waals surface area contributed by atoms with Gasteiger partial charge in [0.05, 0.1) is 5.69 Å². The lowest BCUT2D eigenvalue weighted by Gasteiger charge is -2.20. The minimum Gasteiger partial charge on any atom is -0.487 e. The summed E-state index contributed by atoms with van der Waals surface area (Å²) in [4.78, 5) is 18.9. The number of nitrogens with one attached hydrogen (secondary N) is 2. The summed E-state index contributed by atoms with van der Waals surface area (Å²) in [5.41, 5.74) is 3.59. The molecule has 1 unspecified atom stereocenters. The van der Waals surface area contributed by atoms with Crippen molar-refractivity contribution < 1.29 is 14.6 Å². The van der Waals surface area contributed by atoms with Gasteiger partial charge >= 0.3 is 5.97 Å². The molecule has 6 nitrogen and oxygen atoms in total. The van der Waals surface area contributed by atoms with E-state index in [4.69, 9.17) is 4.74 Å². The summed E-state index contributed by atoms with van der Waals surface area (Å²) < 4.78 is 5.83. The molecular weight excluding hydrogens is 342 g/mol. The van der Waals surface area contributed by atoms with Gasteiger partial charge in [-0.3, -0.25) is 15.1 Å². The maximum atomic E-state index is 11.4. The fraction of sp³-hybridized carbons (Fsp3) is 0.222. The van der Waals surface area contributed by atoms with Gasteiger partial charge in [-0.15, -0.1) is 12.4 Å². The number of ether oxygens (including phenoxy) is 1. The lowest BCUT2D eigenvalue weighted by atomic mass is 9.99. The highest BCUT2D eigenvalue weighted by Gasteiger charge is 2.28. The Hall–Kier alpha value is -2.57. The van der Waals surface area contributed by atoms with Crippen molar-refractivity contribution in [2.75, 3.05) is 6.54 Å². The Labute approximate surface area is 150 Å². The monoisotopic (exact) mass is 359 g/mol. The molecule has 1 aliphatic rings. The van der Waals surface area contributed by atoms with Gasteiger partial charge in [-0.2, -0.15) is 0 Å². The van der Waals surface area contributed by atoms with Gasteiger partial charge in [-0.25, -0.2) is 0 Å². The highest BCUT2D eigenvalue weighted by Crippen LogP contribution is 2.32. The van der Waals surface area contributed by atoms with Crippen molar-refractivity contribution in [1.82, 2.24) is 15.3 Å². The van der Waals surface area contributed by atoms with E-state index in [0.29, 0.717) is 13.2 Å². The average Bonchev–Trinajstić information content (AvgIpc) is 2.98. The Morgan fingerprint density at radius 1 is 1.32 bits per heavy atom. The van der Waals surface area contributed by atoms with Gasteiger partial charge in [0.15, 0.2) is 0 Å². The molecule has 1 aliphatic heterocycles. The maximum absolute atomic E-state index is 11.4. The summed E-state index contributed by atoms with van der Waals surface area (Å²) in [7, 11) is 0. The van der Waals surface area contributed by atoms with Crippen LogP contribution < -0.4 is 10.1 Å². The Kier molecular flexibility index (Phi) is 4.92. The van der Waals surface area contributed by atoms with E-state index >= 15 is 0 Å². The number of H-pyrrole nitrogens is 1. The third-order valence-electron chi connectivity index (χ3n) is 4.28. The third kappa shape index (κ3) is 3.31. The van der Waals surface area contributed by atoms with E-state index in [9.17, 15) is 9.90 Å². The Morgan fingerprint density at radius 2 is 2.20 bits per heavy atom. The number of hydrogen-bond acceptors (Lipinski definition) is 4. The molecule has 0 fully saturated rings. The van der Waals surface area contributed by atoms with Crippen molar-refractivity contribution in [3.8, 4) is 5.75 Å². The van der Waals surface area contributed by atoms with Crippen molar-refractivity contribution in [3.63, 3.8) is 0 Å². The molecule has 1 atom stereocenters. The summed E-state index contributed by atoms with van der Waals surface area (Å²) in [6.07, 6.45) is 2.53. The smallest absolute Gasteiger partial charge is 0.326 e. The summed E-state index contributed by atoms with van der Waals surface area (Å²) >= 11 is 0. The van der Waals surface area contributed by atoms with Gasteiger partial charge in [0.1, 0.15) is 18.4 Å². The summed E-state index contributed by atoms with van der Waals surface area (Å²) in [5, 5.41) is 13.4. The van der Waals surface area contributed by atoms with E-state index in [-0.39, 0.29) is 12.4 Å². The zero-order chi connectivity index (χ0) is 16.5. The molecule has 0 spiro atoms. The molecule has 0 saturated heterocycles. The molecule has 0 amide bonds. The second-order valence-corrected chi connectivity index (χ2v) is 5.81. The number of carboxylic acid groups (broad SMARTS) is 1. The Balaban J connectivity index is 0.00000182. The first-order chi connectivity index (χ1) is 11.7. The molecule has 3 N–H and O–H groups in total. The molecule has 3 heterocycles. The van der Waals surface area contributed by atoms with Crippen molar-refractivity contribution in [2.45, 2.75) is 19.1 Å². The molecule has 0 aliphatic carbocycles. The van der Waals surface area contributed by atoms with Gasteiger partial charge in [-0.1, -0.05) is 6.07 Å². The first-order valence-electron chi connectivity index (χ1n) is 7.86. The average molecular weight is 360 g/mol. The topological polar surface area (TPSA) is 87.2 Å². The largest absolute Gasteiger partial charge is 0.487 e. The number of pyridine rings is 1. The number of nitrogens with zero attached hydrogens (tertiary/aromatic N) is 1. The molecular formula is C18H18ClN3O3. The lowest BCUT2D eigenvalue weighted by Crippen LogP contribution is -2.34. The van der Waals surface area contributed by atoms with E-state index in [1.165, 1.54) is 0 Å². The number of benzene rings is 1. The van der Waals surface area contributed by atoms with Crippen LogP contribution in [0.25, 0.3) is 10.9 Å². The van der Waals surface area contributed by atoms with E-state index in [1.807, 2.05) is 36.4 Å². The number of hydrogen-bond donors (Lipinski definition) is 3. The summed E-state index contributed by atoms with van der Waals surface area (Å²) in [6.45, 7) is 1.05. The number of carbonyl (C=O) groups is 1. The van der Waals surface area contributed by atoms with Crippen LogP contribution in [0.1, 0.15) is 23.0 Å². The summed E-state index contributed by atoms with van der Waals surface area (Å²) in [6, 6.07) is 10.8. The van der Waals surface area contributed by atoms with E-state index in [1.54, 1.807) is 6.20 Å². The number of rotatable bonds is 4. The van der Waals surface area contributed by atoms with Crippen molar-refractivity contribution in [1.29, 1.82) is 0 Å². The van der Waals surface area contributed by atoms with E-state index in [0.717, 1.165) is 40.0 Å². The minimum atomic E-state index is -0.867. The normalized spacial score (nSPS) is 16.1. The first kappa shape index (κ1) is 17.3. The Bertz CT molecular complexity index is 895. The minimum absolute atomic E-state index is 0. The van der Waals surface area contributed by atoms with Gasteiger partial charge in [0, 0.05) is 29.3 Å². The zero-order valence-electron chi connectivity index (χ0n) is 13.4. The SMILES string of the molecule is Cl.O=C(O)C1NCCc2c1[nH]c1ccc(OCc3ccccn3)cc21. The molecule has 4 rings (SSSR count). The molecule has 0 saturated carbocycles. The predicted octanol–water partition coefficient (Wildman–Crippen LogP) is 2.84. The number of aliphatic carboxylic acids is 1. The number of aromatic nitrogens is 2. The molecule has 130 valence electrons. The van der Waals surface area contributed by atoms with Gasteiger partial charge < -0.3 is 14.8 Å². The highest BCUT2D eigenvalue weighted by molar-refractivity contribution is 5.89. The number of carboxylic acids is 1. The number of aromatic amines is 1. The van der Waals surface area contributed by atoms with E-state index < -0.39 is 12.0 Å². The van der Waals surface area contributed by atoms with Crippen LogP contribution in [0, 0.1) is 0 Å². The van der Waals surface area contributed by atoms with Crippen LogP contribution in [0.15, 0.2) is 42.6 Å². The molecule has 1 aromatic carbocycles. The summed E-state index contributed by atoms with van der Waals surface area (Å²) in [5.74, 6) is -0.116. The van der Waals surface area contributed by atoms with E-state index in [2.05, 4.69) is 15.3 Å². The predicted molar refractivity (Wildman–Crippen MR) is 96.2 cm³/mol.